The number of hydrogen-bond donors (Lipinski definition) is 1. The van der Waals surface area contributed by atoms with Gasteiger partial charge in [0.05, 0.1) is 22.2 Å². The summed E-state index contributed by atoms with van der Waals surface area (Å²) in [6.45, 7) is 10.1. The summed E-state index contributed by atoms with van der Waals surface area (Å²) in [4.78, 5) is 25.2. The van der Waals surface area contributed by atoms with Crippen LogP contribution in [0.2, 0.25) is 0 Å². The summed E-state index contributed by atoms with van der Waals surface area (Å²) in [6.07, 6.45) is 3.33. The molecule has 1 saturated carbocycles. The fraction of sp³-hybridized carbons (Fsp3) is 0.387. The van der Waals surface area contributed by atoms with Crippen LogP contribution in [0.3, 0.4) is 0 Å². The summed E-state index contributed by atoms with van der Waals surface area (Å²) < 4.78 is 10.2. The summed E-state index contributed by atoms with van der Waals surface area (Å²) in [5.74, 6) is -0.994. The van der Waals surface area contributed by atoms with E-state index in [-0.39, 0.29) is 35.7 Å². The molecule has 39 heavy (non-hydrogen) atoms. The van der Waals surface area contributed by atoms with E-state index >= 15 is 0 Å². The van der Waals surface area contributed by atoms with E-state index in [1.165, 1.54) is 22.7 Å². The number of aromatic nitrogens is 1. The molecule has 1 aromatic heterocycles. The van der Waals surface area contributed by atoms with Crippen molar-refractivity contribution in [1.82, 2.24) is 4.37 Å². The van der Waals surface area contributed by atoms with Crippen LogP contribution in [0, 0.1) is 6.92 Å². The molecule has 1 aliphatic carbocycles. The van der Waals surface area contributed by atoms with E-state index in [1.807, 2.05) is 62.4 Å². The third kappa shape index (κ3) is 6.83. The van der Waals surface area contributed by atoms with Crippen LogP contribution >= 0.6 is 11.5 Å². The Labute approximate surface area is 257 Å². The molecular weight excluding hydrogens is 519 g/mol. The zero-order valence-corrected chi connectivity index (χ0v) is 26.5. The minimum atomic E-state index is -0.994. The molecule has 0 aliphatic heterocycles. The third-order valence-electron chi connectivity index (χ3n) is 7.52. The third-order valence-corrected chi connectivity index (χ3v) is 8.51. The molecular formula is C31H35N2NaO4S. The summed E-state index contributed by atoms with van der Waals surface area (Å²) in [5.41, 5.74) is 6.81. The van der Waals surface area contributed by atoms with E-state index < -0.39 is 17.5 Å². The Morgan fingerprint density at radius 3 is 2.13 bits per heavy atom. The number of aryl methyl sites for hydroxylation is 1. The minimum absolute atomic E-state index is 0. The maximum atomic E-state index is 12.8. The number of amides is 1. The molecule has 200 valence electrons. The van der Waals surface area contributed by atoms with Gasteiger partial charge in [-0.15, -0.1) is 0 Å². The van der Waals surface area contributed by atoms with Crippen molar-refractivity contribution < 1.29 is 49.0 Å². The molecule has 8 heteroatoms. The normalized spacial score (nSPS) is 15.0. The van der Waals surface area contributed by atoms with Gasteiger partial charge in [0, 0.05) is 5.41 Å². The molecule has 1 aliphatic rings. The molecule has 4 rings (SSSR count). The van der Waals surface area contributed by atoms with Gasteiger partial charge in [-0.05, 0) is 85.8 Å². The molecule has 1 unspecified atom stereocenters. The number of rotatable bonds is 10. The Bertz CT molecular complexity index is 1340. The Morgan fingerprint density at radius 1 is 1.05 bits per heavy atom. The number of nitrogens with one attached hydrogen (secondary N) is 1. The van der Waals surface area contributed by atoms with E-state index in [0.29, 0.717) is 18.5 Å². The van der Waals surface area contributed by atoms with Crippen LogP contribution in [0.15, 0.2) is 59.7 Å². The van der Waals surface area contributed by atoms with E-state index in [1.54, 1.807) is 0 Å². The first kappa shape index (κ1) is 31.1. The van der Waals surface area contributed by atoms with Crippen molar-refractivity contribution in [2.45, 2.75) is 78.2 Å². The van der Waals surface area contributed by atoms with Crippen LogP contribution < -0.4 is 40.0 Å². The molecule has 6 nitrogen and oxygen atoms in total. The molecule has 1 N–H and O–H groups in total. The van der Waals surface area contributed by atoms with Crippen molar-refractivity contribution >= 4 is 29.3 Å². The largest absolute Gasteiger partial charge is 1.00 e. The topological polar surface area (TPSA) is 91.3 Å². The summed E-state index contributed by atoms with van der Waals surface area (Å²) >= 11 is 1.34. The van der Waals surface area contributed by atoms with E-state index in [9.17, 15) is 14.7 Å². The Hall–Kier alpha value is -2.45. The summed E-state index contributed by atoms with van der Waals surface area (Å²) in [5, 5.41) is 14.4. The first-order valence-corrected chi connectivity index (χ1v) is 14.0. The van der Waals surface area contributed by atoms with Crippen molar-refractivity contribution in [1.29, 1.82) is 0 Å². The molecule has 0 bridgehead atoms. The first-order chi connectivity index (χ1) is 18.2. The molecule has 3 aromatic rings. The Kier molecular flexibility index (Phi) is 10.6. The minimum Gasteiger partial charge on any atom is -0.549 e. The number of hydrogen-bond acceptors (Lipinski definition) is 6. The van der Waals surface area contributed by atoms with Crippen LogP contribution in [0.25, 0.3) is 21.6 Å². The number of ether oxygens (including phenoxy) is 1. The number of carboxylic acids is 1. The van der Waals surface area contributed by atoms with Crippen LogP contribution in [-0.4, -0.2) is 22.5 Å². The molecule has 1 fully saturated rings. The predicted molar refractivity (Wildman–Crippen MR) is 151 cm³/mol. The van der Waals surface area contributed by atoms with Gasteiger partial charge in [0.25, 0.3) is 0 Å². The SMILES string of the molecule is CCC/C(=C(/C)CC)C(C)OC(=O)Nc1c(C)nsc1-c1ccc(-c2ccc(C3(C(=O)[O-])CC3)cc2)cc1.[Na+]. The number of allylic oxidation sites excluding steroid dienone is 1. The number of carboxylic acid groups (broad SMARTS) is 1. The molecule has 1 atom stereocenters. The van der Waals surface area contributed by atoms with Crippen LogP contribution in [0.4, 0.5) is 10.5 Å². The van der Waals surface area contributed by atoms with Gasteiger partial charge in [0.2, 0.25) is 0 Å². The first-order valence-electron chi connectivity index (χ1n) is 13.2. The molecule has 1 amide bonds. The Morgan fingerprint density at radius 2 is 1.62 bits per heavy atom. The molecule has 2 aromatic carbocycles. The van der Waals surface area contributed by atoms with Crippen LogP contribution in [0.5, 0.6) is 0 Å². The predicted octanol–water partition coefficient (Wildman–Crippen LogP) is 4.03. The van der Waals surface area contributed by atoms with Crippen molar-refractivity contribution in [2.75, 3.05) is 5.32 Å². The molecule has 1 heterocycles. The number of carbonyl (C=O) groups excluding carboxylic acids is 2. The van der Waals surface area contributed by atoms with Gasteiger partial charge >= 0.3 is 35.7 Å². The molecule has 0 saturated heterocycles. The zero-order valence-electron chi connectivity index (χ0n) is 23.7. The van der Waals surface area contributed by atoms with Gasteiger partial charge in [-0.25, -0.2) is 4.79 Å². The zero-order chi connectivity index (χ0) is 27.4. The maximum Gasteiger partial charge on any atom is 1.00 e. The van der Waals surface area contributed by atoms with Gasteiger partial charge < -0.3 is 14.6 Å². The van der Waals surface area contributed by atoms with Gasteiger partial charge in [0.15, 0.2) is 0 Å². The van der Waals surface area contributed by atoms with Crippen molar-refractivity contribution in [3.63, 3.8) is 0 Å². The van der Waals surface area contributed by atoms with Gasteiger partial charge in [-0.1, -0.05) is 74.4 Å². The number of carbonyl (C=O) groups is 2. The fourth-order valence-corrected chi connectivity index (χ4v) is 5.72. The van der Waals surface area contributed by atoms with Crippen molar-refractivity contribution in [3.05, 3.63) is 70.9 Å². The standard InChI is InChI=1S/C31H36N2O4S.Na/c1-6-8-26(19(3)7-2)21(5)37-30(36)32-27-20(4)33-38-28(27)24-11-9-22(10-12-24)23-13-15-25(16-14-23)31(17-18-31)29(34)35;/h9-16,21H,6-8,17-18H2,1-5H3,(H,32,36)(H,34,35);/q;+1/p-1/b26-19+;. The second-order valence-corrected chi connectivity index (χ2v) is 10.9. The van der Waals surface area contributed by atoms with E-state index in [0.717, 1.165) is 52.1 Å². The molecule has 0 radical (unpaired) electrons. The monoisotopic (exact) mass is 554 g/mol. The van der Waals surface area contributed by atoms with Crippen LogP contribution in [-0.2, 0) is 14.9 Å². The number of aliphatic carboxylic acids is 1. The van der Waals surface area contributed by atoms with Crippen LogP contribution in [0.1, 0.15) is 71.1 Å². The maximum absolute atomic E-state index is 12.8. The smallest absolute Gasteiger partial charge is 0.549 e. The fourth-order valence-electron chi connectivity index (χ4n) is 4.87. The number of nitrogens with zero attached hydrogens (tertiary/aromatic N) is 1. The Balaban J connectivity index is 0.00000420. The van der Waals surface area contributed by atoms with Crippen molar-refractivity contribution in [2.24, 2.45) is 0 Å². The number of benzene rings is 2. The second kappa shape index (κ2) is 13.3. The summed E-state index contributed by atoms with van der Waals surface area (Å²) in [7, 11) is 0. The quantitative estimate of drug-likeness (QED) is 0.302. The van der Waals surface area contributed by atoms with Crippen molar-refractivity contribution in [3.8, 4) is 21.6 Å². The summed E-state index contributed by atoms with van der Waals surface area (Å²) in [6, 6.07) is 15.7. The second-order valence-electron chi connectivity index (χ2n) is 10.1. The van der Waals surface area contributed by atoms with Gasteiger partial charge in [0.1, 0.15) is 6.10 Å². The average Bonchev–Trinajstić information content (AvgIpc) is 3.66. The number of anilines is 1. The average molecular weight is 555 g/mol. The molecule has 0 spiro atoms. The van der Waals surface area contributed by atoms with Gasteiger partial charge in [-0.3, -0.25) is 5.32 Å². The van der Waals surface area contributed by atoms with E-state index in [2.05, 4.69) is 30.5 Å². The van der Waals surface area contributed by atoms with E-state index in [4.69, 9.17) is 4.74 Å². The van der Waals surface area contributed by atoms with Gasteiger partial charge in [-0.2, -0.15) is 4.37 Å².